The molecule has 0 atom stereocenters. The molecule has 61 heavy (non-hydrogen) atoms. The highest BCUT2D eigenvalue weighted by Gasteiger charge is 2.38. The predicted octanol–water partition coefficient (Wildman–Crippen LogP) is 15.6. The Morgan fingerprint density at radius 1 is 0.410 bits per heavy atom. The molecule has 0 unspecified atom stereocenters. The zero-order valence-electron chi connectivity index (χ0n) is 35.4. The Balaban J connectivity index is 1.11. The van der Waals surface area contributed by atoms with Crippen molar-refractivity contribution in [3.05, 3.63) is 211 Å². The summed E-state index contributed by atoms with van der Waals surface area (Å²) in [5.74, 6) is 0. The fourth-order valence-electron chi connectivity index (χ4n) is 9.91. The molecule has 0 saturated heterocycles. The summed E-state index contributed by atoms with van der Waals surface area (Å²) in [4.78, 5) is 2.42. The lowest BCUT2D eigenvalue weighted by Gasteiger charge is -2.29. The molecule has 0 bridgehead atoms. The summed E-state index contributed by atoms with van der Waals surface area (Å²) < 4.78 is 2.53. The van der Waals surface area contributed by atoms with Crippen LogP contribution in [0.5, 0.6) is 0 Å². The molecule has 2 nitrogen and oxygen atoms in total. The first-order valence-corrected chi connectivity index (χ1v) is 25.0. The Morgan fingerprint density at radius 2 is 0.918 bits per heavy atom. The summed E-state index contributed by atoms with van der Waals surface area (Å²) in [6.07, 6.45) is 0. The number of para-hydroxylation sites is 1. The minimum absolute atomic E-state index is 0.261. The number of rotatable bonds is 7. The molecule has 0 spiro atoms. The zero-order valence-corrected chi connectivity index (χ0v) is 36.4. The van der Waals surface area contributed by atoms with Gasteiger partial charge >= 0.3 is 0 Å². The molecule has 0 amide bonds. The van der Waals surface area contributed by atoms with Crippen molar-refractivity contribution in [3.8, 4) is 39.1 Å². The second-order valence-corrected chi connectivity index (χ2v) is 23.3. The number of aromatic nitrogens is 1. The van der Waals surface area contributed by atoms with E-state index in [2.05, 4.69) is 243 Å². The molecule has 1 aliphatic rings. The van der Waals surface area contributed by atoms with Crippen molar-refractivity contribution in [1.29, 1.82) is 0 Å². The van der Waals surface area contributed by atoms with E-state index in [1.165, 1.54) is 99.3 Å². The summed E-state index contributed by atoms with van der Waals surface area (Å²) in [5, 5.41) is 6.51. The quantitative estimate of drug-likeness (QED) is 0.146. The van der Waals surface area contributed by atoms with E-state index in [1.807, 2.05) is 0 Å². The average molecular weight is 801 g/mol. The maximum Gasteiger partial charge on any atom is 0.0775 e. The van der Waals surface area contributed by atoms with Gasteiger partial charge < -0.3 is 9.47 Å². The van der Waals surface area contributed by atoms with Crippen molar-refractivity contribution in [2.45, 2.75) is 38.9 Å². The van der Waals surface area contributed by atoms with E-state index in [4.69, 9.17) is 0 Å². The number of benzene rings is 9. The lowest BCUT2D eigenvalue weighted by Crippen LogP contribution is -2.37. The van der Waals surface area contributed by atoms with Crippen molar-refractivity contribution >= 4 is 62.9 Å². The Hall–Kier alpha value is -6.94. The van der Waals surface area contributed by atoms with Crippen molar-refractivity contribution in [2.75, 3.05) is 4.90 Å². The molecule has 1 aliphatic carbocycles. The third-order valence-corrected chi connectivity index (χ3v) is 15.2. The Morgan fingerprint density at radius 3 is 1.49 bits per heavy atom. The third kappa shape index (κ3) is 6.06. The molecule has 3 heteroatoms. The molecule has 1 aromatic heterocycles. The summed E-state index contributed by atoms with van der Waals surface area (Å²) >= 11 is 0. The van der Waals surface area contributed by atoms with Gasteiger partial charge in [-0.15, -0.1) is 0 Å². The zero-order chi connectivity index (χ0) is 41.5. The number of fused-ring (bicyclic) bond motifs is 8. The molecular formula is C58H48N2Si. The molecule has 1 heterocycles. The predicted molar refractivity (Wildman–Crippen MR) is 264 cm³/mol. The van der Waals surface area contributed by atoms with Crippen LogP contribution in [0, 0.1) is 0 Å². The van der Waals surface area contributed by atoms with Gasteiger partial charge in [-0.25, -0.2) is 0 Å². The second kappa shape index (κ2) is 14.1. The van der Waals surface area contributed by atoms with Crippen LogP contribution in [0.3, 0.4) is 0 Å². The van der Waals surface area contributed by atoms with E-state index in [1.54, 1.807) is 0 Å². The van der Waals surface area contributed by atoms with E-state index in [0.29, 0.717) is 0 Å². The van der Waals surface area contributed by atoms with E-state index in [9.17, 15) is 0 Å². The topological polar surface area (TPSA) is 8.17 Å². The van der Waals surface area contributed by atoms with Crippen LogP contribution in [-0.2, 0) is 5.41 Å². The van der Waals surface area contributed by atoms with Gasteiger partial charge in [-0.2, -0.15) is 0 Å². The normalized spacial score (nSPS) is 13.1. The van der Waals surface area contributed by atoms with Gasteiger partial charge in [0, 0.05) is 38.6 Å². The van der Waals surface area contributed by atoms with Crippen LogP contribution in [0.1, 0.15) is 25.0 Å². The summed E-state index contributed by atoms with van der Waals surface area (Å²) in [6, 6.07) is 74.4. The molecular weight excluding hydrogens is 753 g/mol. The van der Waals surface area contributed by atoms with Crippen LogP contribution >= 0.6 is 0 Å². The van der Waals surface area contributed by atoms with E-state index >= 15 is 0 Å². The van der Waals surface area contributed by atoms with E-state index < -0.39 is 8.07 Å². The largest absolute Gasteiger partial charge is 0.310 e. The van der Waals surface area contributed by atoms with Crippen LogP contribution < -0.4 is 10.1 Å². The maximum absolute atomic E-state index is 2.53. The molecule has 0 fully saturated rings. The van der Waals surface area contributed by atoms with Gasteiger partial charge in [0.05, 0.1) is 24.8 Å². The SMILES string of the molecule is CC1(C)c2cc(N(c3ccccc3)c3ccc([Si](C)(C)C)cc3)ccc2-c2c1cc(-n1c3ccc(-c4ccccc4)cc3c3cc(-c4ccccc4)ccc31)c1ccccc21. The molecule has 294 valence electrons. The van der Waals surface area contributed by atoms with Gasteiger partial charge in [0.25, 0.3) is 0 Å². The van der Waals surface area contributed by atoms with Gasteiger partial charge in [-0.1, -0.05) is 172 Å². The van der Waals surface area contributed by atoms with Gasteiger partial charge in [0.1, 0.15) is 0 Å². The molecule has 10 aromatic rings. The fraction of sp³-hybridized carbons (Fsp3) is 0.103. The lowest BCUT2D eigenvalue weighted by atomic mass is 9.81. The lowest BCUT2D eigenvalue weighted by molar-refractivity contribution is 0.660. The van der Waals surface area contributed by atoms with E-state index in [-0.39, 0.29) is 5.41 Å². The minimum atomic E-state index is -1.45. The first-order chi connectivity index (χ1) is 29.6. The number of anilines is 3. The smallest absolute Gasteiger partial charge is 0.0775 e. The van der Waals surface area contributed by atoms with Crippen molar-refractivity contribution in [2.24, 2.45) is 0 Å². The molecule has 9 aromatic carbocycles. The highest BCUT2D eigenvalue weighted by molar-refractivity contribution is 6.88. The Bertz CT molecular complexity index is 3190. The first-order valence-electron chi connectivity index (χ1n) is 21.5. The number of nitrogens with zero attached hydrogens (tertiary/aromatic N) is 2. The molecule has 11 rings (SSSR count). The first kappa shape index (κ1) is 37.1. The van der Waals surface area contributed by atoms with Crippen LogP contribution in [0.4, 0.5) is 17.1 Å². The molecule has 0 radical (unpaired) electrons. The van der Waals surface area contributed by atoms with Crippen LogP contribution in [0.2, 0.25) is 19.6 Å². The summed E-state index contributed by atoms with van der Waals surface area (Å²) in [7, 11) is -1.45. The second-order valence-electron chi connectivity index (χ2n) is 18.2. The third-order valence-electron chi connectivity index (χ3n) is 13.1. The molecule has 0 aliphatic heterocycles. The molecule has 0 saturated carbocycles. The van der Waals surface area contributed by atoms with Crippen molar-refractivity contribution in [1.82, 2.24) is 4.57 Å². The molecule has 0 N–H and O–H groups in total. The summed E-state index contributed by atoms with van der Waals surface area (Å²) in [5.41, 5.74) is 17.1. The van der Waals surface area contributed by atoms with Crippen LogP contribution in [0.15, 0.2) is 200 Å². The Labute approximate surface area is 360 Å². The standard InChI is InChI=1S/C58H48N2Si/c1-58(2)52-37-45(59(43-21-13-8-14-22-43)44-27-30-46(31-28-44)61(3,4)5)29-32-49(52)57-48-24-16-15-23-47(48)56(38-53(57)58)60-54-33-25-41(39-17-9-6-10-18-39)35-50(54)51-36-42(26-34-55(51)60)40-19-11-7-12-20-40/h6-38H,1-5H3. The summed E-state index contributed by atoms with van der Waals surface area (Å²) in [6.45, 7) is 12.1. The van der Waals surface area contributed by atoms with Gasteiger partial charge in [-0.05, 0) is 117 Å². The van der Waals surface area contributed by atoms with E-state index in [0.717, 1.165) is 5.69 Å². The van der Waals surface area contributed by atoms with Crippen molar-refractivity contribution in [3.63, 3.8) is 0 Å². The van der Waals surface area contributed by atoms with Gasteiger partial charge in [0.15, 0.2) is 0 Å². The van der Waals surface area contributed by atoms with Crippen LogP contribution in [0.25, 0.3) is 71.6 Å². The number of hydrogen-bond donors (Lipinski definition) is 0. The monoisotopic (exact) mass is 800 g/mol. The fourth-order valence-corrected chi connectivity index (χ4v) is 11.1. The highest BCUT2D eigenvalue weighted by atomic mass is 28.3. The van der Waals surface area contributed by atoms with Crippen LogP contribution in [-0.4, -0.2) is 12.6 Å². The maximum atomic E-state index is 2.53. The Kier molecular flexibility index (Phi) is 8.56. The van der Waals surface area contributed by atoms with Gasteiger partial charge in [0.2, 0.25) is 0 Å². The van der Waals surface area contributed by atoms with Crippen molar-refractivity contribution < 1.29 is 0 Å². The minimum Gasteiger partial charge on any atom is -0.310 e. The highest BCUT2D eigenvalue weighted by Crippen LogP contribution is 2.54. The average Bonchev–Trinajstić information content (AvgIpc) is 3.73. The van der Waals surface area contributed by atoms with Gasteiger partial charge in [-0.3, -0.25) is 0 Å². The number of hydrogen-bond acceptors (Lipinski definition) is 1.